The van der Waals surface area contributed by atoms with Gasteiger partial charge >= 0.3 is 5.97 Å². The Balaban J connectivity index is 1.76. The van der Waals surface area contributed by atoms with Gasteiger partial charge in [0.05, 0.1) is 5.75 Å². The van der Waals surface area contributed by atoms with E-state index >= 15 is 0 Å². The molecule has 24 heavy (non-hydrogen) atoms. The predicted octanol–water partition coefficient (Wildman–Crippen LogP) is 2.71. The highest BCUT2D eigenvalue weighted by Crippen LogP contribution is 2.40. The SMILES string of the molecule is O=C(O)CSc1nnc(-c2cc(C3CC3)[nH]n2)n1-c1ccccc1. The fourth-order valence-corrected chi connectivity index (χ4v) is 3.19. The summed E-state index contributed by atoms with van der Waals surface area (Å²) in [6.45, 7) is 0. The van der Waals surface area contributed by atoms with E-state index in [0.717, 1.165) is 28.8 Å². The summed E-state index contributed by atoms with van der Waals surface area (Å²) >= 11 is 1.14. The van der Waals surface area contributed by atoms with Crippen LogP contribution in [0.1, 0.15) is 24.5 Å². The van der Waals surface area contributed by atoms with Crippen LogP contribution >= 0.6 is 11.8 Å². The first-order chi connectivity index (χ1) is 11.7. The number of nitrogens with zero attached hydrogens (tertiary/aromatic N) is 4. The number of aromatic amines is 1. The summed E-state index contributed by atoms with van der Waals surface area (Å²) in [4.78, 5) is 10.9. The van der Waals surface area contributed by atoms with Gasteiger partial charge < -0.3 is 5.11 Å². The molecule has 0 atom stereocenters. The van der Waals surface area contributed by atoms with Crippen molar-refractivity contribution in [2.45, 2.75) is 23.9 Å². The lowest BCUT2D eigenvalue weighted by Gasteiger charge is -2.08. The first-order valence-corrected chi connectivity index (χ1v) is 8.62. The van der Waals surface area contributed by atoms with Crippen molar-refractivity contribution in [1.82, 2.24) is 25.0 Å². The quantitative estimate of drug-likeness (QED) is 0.669. The second-order valence-electron chi connectivity index (χ2n) is 5.64. The number of carbonyl (C=O) groups is 1. The van der Waals surface area contributed by atoms with Gasteiger partial charge in [0.2, 0.25) is 0 Å². The molecular formula is C16H15N5O2S. The zero-order valence-electron chi connectivity index (χ0n) is 12.7. The zero-order valence-corrected chi connectivity index (χ0v) is 13.5. The van der Waals surface area contributed by atoms with Crippen LogP contribution in [-0.2, 0) is 4.79 Å². The molecule has 0 radical (unpaired) electrons. The minimum absolute atomic E-state index is 0.0706. The van der Waals surface area contributed by atoms with E-state index in [0.29, 0.717) is 16.9 Å². The molecule has 1 aromatic carbocycles. The predicted molar refractivity (Wildman–Crippen MR) is 89.3 cm³/mol. The summed E-state index contributed by atoms with van der Waals surface area (Å²) in [5.74, 6) is 0.219. The van der Waals surface area contributed by atoms with Crippen LogP contribution in [0.3, 0.4) is 0 Å². The van der Waals surface area contributed by atoms with Gasteiger partial charge in [0.25, 0.3) is 0 Å². The Morgan fingerprint density at radius 2 is 2.08 bits per heavy atom. The number of H-pyrrole nitrogens is 1. The van der Waals surface area contributed by atoms with Gasteiger partial charge in [0, 0.05) is 17.3 Å². The standard InChI is InChI=1S/C16H15N5O2S/c22-14(23)9-24-16-20-19-15(21(16)11-4-2-1-3-5-11)13-8-12(17-18-13)10-6-7-10/h1-5,8,10H,6-7,9H2,(H,17,18)(H,22,23). The Morgan fingerprint density at radius 3 is 2.79 bits per heavy atom. The van der Waals surface area contributed by atoms with Gasteiger partial charge in [-0.2, -0.15) is 5.10 Å². The first kappa shape index (κ1) is 14.9. The molecule has 0 bridgehead atoms. The molecule has 0 aliphatic heterocycles. The smallest absolute Gasteiger partial charge is 0.313 e. The number of carboxylic acid groups (broad SMARTS) is 1. The number of carboxylic acids is 1. The van der Waals surface area contributed by atoms with E-state index in [9.17, 15) is 4.79 Å². The van der Waals surface area contributed by atoms with Crippen molar-refractivity contribution >= 4 is 17.7 Å². The molecule has 2 aromatic heterocycles. The van der Waals surface area contributed by atoms with Crippen LogP contribution in [0.2, 0.25) is 0 Å². The van der Waals surface area contributed by atoms with Crippen LogP contribution in [0.15, 0.2) is 41.6 Å². The number of nitrogens with one attached hydrogen (secondary N) is 1. The molecule has 1 aliphatic carbocycles. The molecule has 3 aromatic rings. The molecule has 7 nitrogen and oxygen atoms in total. The van der Waals surface area contributed by atoms with Gasteiger partial charge in [-0.3, -0.25) is 14.5 Å². The molecule has 1 aliphatic rings. The third kappa shape index (κ3) is 2.92. The van der Waals surface area contributed by atoms with Gasteiger partial charge in [0.1, 0.15) is 5.69 Å². The number of rotatable bonds is 6. The number of para-hydroxylation sites is 1. The van der Waals surface area contributed by atoms with E-state index < -0.39 is 5.97 Å². The summed E-state index contributed by atoms with van der Waals surface area (Å²) < 4.78 is 1.85. The van der Waals surface area contributed by atoms with Crippen LogP contribution in [-0.4, -0.2) is 41.8 Å². The van der Waals surface area contributed by atoms with Crippen LogP contribution in [0.25, 0.3) is 17.2 Å². The summed E-state index contributed by atoms with van der Waals surface area (Å²) in [5.41, 5.74) is 2.71. The van der Waals surface area contributed by atoms with E-state index in [1.165, 1.54) is 12.8 Å². The largest absolute Gasteiger partial charge is 0.481 e. The topological polar surface area (TPSA) is 96.7 Å². The van der Waals surface area contributed by atoms with Gasteiger partial charge in [-0.1, -0.05) is 30.0 Å². The molecule has 0 spiro atoms. The van der Waals surface area contributed by atoms with Crippen molar-refractivity contribution in [3.05, 3.63) is 42.1 Å². The van der Waals surface area contributed by atoms with Crippen molar-refractivity contribution in [1.29, 1.82) is 0 Å². The zero-order chi connectivity index (χ0) is 16.5. The van der Waals surface area contributed by atoms with E-state index in [1.54, 1.807) is 0 Å². The van der Waals surface area contributed by atoms with Gasteiger partial charge in [-0.25, -0.2) is 0 Å². The maximum atomic E-state index is 10.9. The summed E-state index contributed by atoms with van der Waals surface area (Å²) in [6.07, 6.45) is 2.37. The Bertz CT molecular complexity index is 870. The summed E-state index contributed by atoms with van der Waals surface area (Å²) in [7, 11) is 0. The number of hydrogen-bond acceptors (Lipinski definition) is 5. The molecule has 4 rings (SSSR count). The maximum absolute atomic E-state index is 10.9. The highest BCUT2D eigenvalue weighted by Gasteiger charge is 2.27. The minimum atomic E-state index is -0.889. The lowest BCUT2D eigenvalue weighted by atomic mass is 10.2. The molecule has 2 heterocycles. The molecule has 8 heteroatoms. The second kappa shape index (κ2) is 6.12. The Morgan fingerprint density at radius 1 is 1.29 bits per heavy atom. The molecule has 2 N–H and O–H groups in total. The Labute approximate surface area is 142 Å². The van der Waals surface area contributed by atoms with Crippen molar-refractivity contribution in [3.8, 4) is 17.2 Å². The van der Waals surface area contributed by atoms with Crippen LogP contribution in [0.4, 0.5) is 0 Å². The number of hydrogen-bond donors (Lipinski definition) is 2. The van der Waals surface area contributed by atoms with Crippen molar-refractivity contribution < 1.29 is 9.90 Å². The lowest BCUT2D eigenvalue weighted by molar-refractivity contribution is -0.133. The molecule has 0 unspecified atom stereocenters. The summed E-state index contributed by atoms with van der Waals surface area (Å²) in [5, 5.41) is 25.3. The average Bonchev–Trinajstić information content (AvgIpc) is 3.18. The summed E-state index contributed by atoms with van der Waals surface area (Å²) in [6, 6.07) is 11.7. The number of aliphatic carboxylic acids is 1. The minimum Gasteiger partial charge on any atom is -0.481 e. The highest BCUT2D eigenvalue weighted by atomic mass is 32.2. The van der Waals surface area contributed by atoms with Gasteiger partial charge in [0.15, 0.2) is 11.0 Å². The van der Waals surface area contributed by atoms with E-state index in [1.807, 2.05) is 41.0 Å². The maximum Gasteiger partial charge on any atom is 0.313 e. The van der Waals surface area contributed by atoms with E-state index in [2.05, 4.69) is 20.4 Å². The molecule has 0 amide bonds. The fraction of sp³-hybridized carbons (Fsp3) is 0.250. The highest BCUT2D eigenvalue weighted by molar-refractivity contribution is 7.99. The van der Waals surface area contributed by atoms with E-state index in [4.69, 9.17) is 5.11 Å². The third-order valence-electron chi connectivity index (χ3n) is 3.82. The van der Waals surface area contributed by atoms with Crippen molar-refractivity contribution in [2.75, 3.05) is 5.75 Å². The molecule has 1 fully saturated rings. The molecule has 122 valence electrons. The van der Waals surface area contributed by atoms with Gasteiger partial charge in [-0.15, -0.1) is 10.2 Å². The van der Waals surface area contributed by atoms with Crippen molar-refractivity contribution in [2.24, 2.45) is 0 Å². The molecule has 0 saturated heterocycles. The monoisotopic (exact) mass is 341 g/mol. The lowest BCUT2D eigenvalue weighted by Crippen LogP contribution is -2.03. The second-order valence-corrected chi connectivity index (χ2v) is 6.58. The Kier molecular flexibility index (Phi) is 3.81. The van der Waals surface area contributed by atoms with Crippen molar-refractivity contribution in [3.63, 3.8) is 0 Å². The molecular weight excluding hydrogens is 326 g/mol. The third-order valence-corrected chi connectivity index (χ3v) is 4.73. The molecule has 1 saturated carbocycles. The number of benzene rings is 1. The normalized spacial score (nSPS) is 14.0. The number of thioether (sulfide) groups is 1. The fourth-order valence-electron chi connectivity index (χ4n) is 2.52. The van der Waals surface area contributed by atoms with Gasteiger partial charge in [-0.05, 0) is 31.0 Å². The van der Waals surface area contributed by atoms with Crippen LogP contribution < -0.4 is 0 Å². The number of aromatic nitrogens is 5. The van der Waals surface area contributed by atoms with Crippen LogP contribution in [0, 0.1) is 0 Å². The average molecular weight is 341 g/mol. The van der Waals surface area contributed by atoms with E-state index in [-0.39, 0.29) is 5.75 Å². The van der Waals surface area contributed by atoms with Crippen LogP contribution in [0.5, 0.6) is 0 Å². The Hall–Kier alpha value is -2.61. The first-order valence-electron chi connectivity index (χ1n) is 7.63.